The average molecular weight is 335 g/mol. The summed E-state index contributed by atoms with van der Waals surface area (Å²) in [6, 6.07) is 5.61. The van der Waals surface area contributed by atoms with E-state index in [-0.39, 0.29) is 0 Å². The van der Waals surface area contributed by atoms with Crippen LogP contribution in [0, 0.1) is 11.3 Å². The highest BCUT2D eigenvalue weighted by Crippen LogP contribution is 2.21. The first kappa shape index (κ1) is 16.2. The van der Waals surface area contributed by atoms with Gasteiger partial charge < -0.3 is 4.90 Å². The fraction of sp³-hybridized carbons (Fsp3) is 0.600. The van der Waals surface area contributed by atoms with Crippen molar-refractivity contribution in [1.29, 1.82) is 5.26 Å². The van der Waals surface area contributed by atoms with Crippen molar-refractivity contribution in [2.75, 3.05) is 44.2 Å². The quantitative estimate of drug-likeness (QED) is 0.816. The van der Waals surface area contributed by atoms with E-state index in [0.717, 1.165) is 19.3 Å². The number of nitriles is 1. The summed E-state index contributed by atoms with van der Waals surface area (Å²) in [4.78, 5) is 6.26. The Kier molecular flexibility index (Phi) is 4.80. The number of anilines is 1. The molecule has 0 amide bonds. The number of aromatic nitrogens is 1. The second kappa shape index (κ2) is 6.83. The molecule has 2 fully saturated rings. The molecule has 3 rings (SSSR count). The van der Waals surface area contributed by atoms with Crippen molar-refractivity contribution in [3.63, 3.8) is 0 Å². The molecule has 0 aliphatic carbocycles. The minimum atomic E-state index is -3.35. The van der Waals surface area contributed by atoms with Crippen LogP contribution in [-0.4, -0.2) is 61.3 Å². The molecule has 1 aromatic heterocycles. The molecule has 0 spiro atoms. The first-order valence-electron chi connectivity index (χ1n) is 7.98. The molecule has 23 heavy (non-hydrogen) atoms. The molecule has 124 valence electrons. The molecule has 1 aromatic rings. The summed E-state index contributed by atoms with van der Waals surface area (Å²) < 4.78 is 28.5. The van der Waals surface area contributed by atoms with Crippen LogP contribution >= 0.6 is 0 Å². The smallest absolute Gasteiger partial charge is 0.282 e. The minimum absolute atomic E-state index is 0.431. The summed E-state index contributed by atoms with van der Waals surface area (Å²) in [5.41, 5.74) is 0.528. The van der Waals surface area contributed by atoms with Gasteiger partial charge in [-0.3, -0.25) is 0 Å². The van der Waals surface area contributed by atoms with Crippen molar-refractivity contribution >= 4 is 16.0 Å². The highest BCUT2D eigenvalue weighted by atomic mass is 32.2. The van der Waals surface area contributed by atoms with Crippen molar-refractivity contribution in [2.45, 2.75) is 19.3 Å². The first-order valence-corrected chi connectivity index (χ1v) is 9.38. The molecule has 0 aromatic carbocycles. The van der Waals surface area contributed by atoms with E-state index in [2.05, 4.69) is 11.1 Å². The maximum absolute atomic E-state index is 12.7. The topological polar surface area (TPSA) is 80.5 Å². The van der Waals surface area contributed by atoms with Gasteiger partial charge in [0.05, 0.1) is 5.56 Å². The third-order valence-corrected chi connectivity index (χ3v) is 6.45. The third kappa shape index (κ3) is 3.32. The Morgan fingerprint density at radius 3 is 2.30 bits per heavy atom. The molecule has 0 radical (unpaired) electrons. The van der Waals surface area contributed by atoms with E-state index in [1.807, 2.05) is 4.90 Å². The second-order valence-electron chi connectivity index (χ2n) is 5.84. The zero-order valence-electron chi connectivity index (χ0n) is 13.1. The van der Waals surface area contributed by atoms with Gasteiger partial charge in [0.15, 0.2) is 0 Å². The van der Waals surface area contributed by atoms with E-state index >= 15 is 0 Å². The molecular formula is C15H21N5O2S. The Morgan fingerprint density at radius 2 is 1.65 bits per heavy atom. The van der Waals surface area contributed by atoms with Crippen LogP contribution in [0.5, 0.6) is 0 Å². The lowest BCUT2D eigenvalue weighted by molar-refractivity contribution is 0.295. The standard InChI is InChI=1S/C15H21N5O2S/c16-13-14-5-4-6-17-15(14)18-9-11-20(12-10-18)23(21,22)19-7-2-1-3-8-19/h4-6H,1-3,7-12H2. The number of piperidine rings is 1. The Labute approximate surface area is 137 Å². The summed E-state index contributed by atoms with van der Waals surface area (Å²) >= 11 is 0. The molecule has 0 N–H and O–H groups in total. The van der Waals surface area contributed by atoms with Crippen molar-refractivity contribution in [2.24, 2.45) is 0 Å². The van der Waals surface area contributed by atoms with E-state index in [1.54, 1.807) is 26.9 Å². The molecule has 2 aliphatic rings. The number of hydrogen-bond acceptors (Lipinski definition) is 5. The molecule has 0 unspecified atom stereocenters. The van der Waals surface area contributed by atoms with Crippen LogP contribution in [0.25, 0.3) is 0 Å². The van der Waals surface area contributed by atoms with Crippen molar-refractivity contribution in [1.82, 2.24) is 13.6 Å². The normalized spacial score (nSPS) is 21.1. The van der Waals surface area contributed by atoms with Gasteiger partial charge in [-0.2, -0.15) is 22.3 Å². The summed E-state index contributed by atoms with van der Waals surface area (Å²) in [6.07, 6.45) is 4.65. The summed E-state index contributed by atoms with van der Waals surface area (Å²) in [5.74, 6) is 0.644. The van der Waals surface area contributed by atoms with E-state index in [1.165, 1.54) is 0 Å². The Balaban J connectivity index is 1.67. The Bertz CT molecular complexity index is 686. The lowest BCUT2D eigenvalue weighted by Gasteiger charge is -2.38. The van der Waals surface area contributed by atoms with Crippen molar-refractivity contribution in [3.8, 4) is 6.07 Å². The van der Waals surface area contributed by atoms with Crippen LogP contribution in [0.15, 0.2) is 18.3 Å². The maximum Gasteiger partial charge on any atom is 0.282 e. The molecule has 7 nitrogen and oxygen atoms in total. The van der Waals surface area contributed by atoms with Crippen LogP contribution in [0.3, 0.4) is 0 Å². The number of pyridine rings is 1. The number of rotatable bonds is 3. The van der Waals surface area contributed by atoms with E-state index < -0.39 is 10.2 Å². The number of nitrogens with zero attached hydrogens (tertiary/aromatic N) is 5. The molecule has 3 heterocycles. The van der Waals surface area contributed by atoms with E-state index in [9.17, 15) is 13.7 Å². The second-order valence-corrected chi connectivity index (χ2v) is 7.77. The number of hydrogen-bond donors (Lipinski definition) is 0. The molecule has 0 bridgehead atoms. The molecular weight excluding hydrogens is 314 g/mol. The average Bonchev–Trinajstić information content (AvgIpc) is 2.62. The molecule has 0 atom stereocenters. The van der Waals surface area contributed by atoms with Crippen LogP contribution in [-0.2, 0) is 10.2 Å². The van der Waals surface area contributed by atoms with Gasteiger partial charge in [-0.1, -0.05) is 6.42 Å². The van der Waals surface area contributed by atoms with Gasteiger partial charge >= 0.3 is 0 Å². The third-order valence-electron chi connectivity index (χ3n) is 4.41. The van der Waals surface area contributed by atoms with Crippen molar-refractivity contribution in [3.05, 3.63) is 23.9 Å². The van der Waals surface area contributed by atoms with Gasteiger partial charge in [0.2, 0.25) is 0 Å². The van der Waals surface area contributed by atoms with Crippen LogP contribution in [0.2, 0.25) is 0 Å². The molecule has 2 aliphatic heterocycles. The van der Waals surface area contributed by atoms with Gasteiger partial charge in [0.25, 0.3) is 10.2 Å². The van der Waals surface area contributed by atoms with Crippen LogP contribution < -0.4 is 4.90 Å². The van der Waals surface area contributed by atoms with Gasteiger partial charge in [-0.05, 0) is 25.0 Å². The lowest BCUT2D eigenvalue weighted by atomic mass is 10.2. The Hall–Kier alpha value is -1.69. The zero-order valence-corrected chi connectivity index (χ0v) is 13.9. The van der Waals surface area contributed by atoms with Gasteiger partial charge in [-0.15, -0.1) is 0 Å². The SMILES string of the molecule is N#Cc1cccnc1N1CCN(S(=O)(=O)N2CCCCC2)CC1. The summed E-state index contributed by atoms with van der Waals surface area (Å²) in [5, 5.41) is 9.17. The summed E-state index contributed by atoms with van der Waals surface area (Å²) in [6.45, 7) is 3.22. The van der Waals surface area contributed by atoms with Gasteiger partial charge in [-0.25, -0.2) is 4.98 Å². The maximum atomic E-state index is 12.7. The van der Waals surface area contributed by atoms with Gasteiger partial charge in [0.1, 0.15) is 11.9 Å². The predicted molar refractivity (Wildman–Crippen MR) is 87.1 cm³/mol. The zero-order chi connectivity index (χ0) is 16.3. The Morgan fingerprint density at radius 1 is 1.00 bits per heavy atom. The van der Waals surface area contributed by atoms with E-state index in [4.69, 9.17) is 0 Å². The van der Waals surface area contributed by atoms with Gasteiger partial charge in [0, 0.05) is 45.5 Å². The minimum Gasteiger partial charge on any atom is -0.353 e. The highest BCUT2D eigenvalue weighted by molar-refractivity contribution is 7.86. The molecule has 0 saturated carbocycles. The van der Waals surface area contributed by atoms with Crippen molar-refractivity contribution < 1.29 is 8.42 Å². The largest absolute Gasteiger partial charge is 0.353 e. The monoisotopic (exact) mass is 335 g/mol. The van der Waals surface area contributed by atoms with Crippen LogP contribution in [0.4, 0.5) is 5.82 Å². The fourth-order valence-corrected chi connectivity index (χ4v) is 4.80. The van der Waals surface area contributed by atoms with E-state index in [0.29, 0.717) is 50.6 Å². The lowest BCUT2D eigenvalue weighted by Crippen LogP contribution is -2.54. The summed E-state index contributed by atoms with van der Waals surface area (Å²) in [7, 11) is -3.35. The highest BCUT2D eigenvalue weighted by Gasteiger charge is 2.33. The fourth-order valence-electron chi connectivity index (χ4n) is 3.13. The molecule has 2 saturated heterocycles. The van der Waals surface area contributed by atoms with Crippen LogP contribution in [0.1, 0.15) is 24.8 Å². The predicted octanol–water partition coefficient (Wildman–Crippen LogP) is 0.806. The number of piperazine rings is 1. The first-order chi connectivity index (χ1) is 11.1. The molecule has 8 heteroatoms.